The molecule has 0 spiro atoms. The fourth-order valence-corrected chi connectivity index (χ4v) is 2.60. The molecule has 11 heavy (non-hydrogen) atoms. The molecule has 0 saturated carbocycles. The zero-order valence-electron chi connectivity index (χ0n) is 6.52. The Labute approximate surface area is 66.9 Å². The van der Waals surface area contributed by atoms with Crippen molar-refractivity contribution in [1.29, 1.82) is 0 Å². The minimum atomic E-state index is -3.09. The number of rotatable bonds is 2. The van der Waals surface area contributed by atoms with Crippen molar-refractivity contribution in [3.63, 3.8) is 0 Å². The maximum Gasteiger partial charge on any atom is 0.211 e. The molecular formula is C6H13NO3S. The van der Waals surface area contributed by atoms with Crippen LogP contribution in [0.15, 0.2) is 0 Å². The maximum atomic E-state index is 11.0. The van der Waals surface area contributed by atoms with Crippen LogP contribution in [-0.4, -0.2) is 43.3 Å². The molecule has 5 heteroatoms. The Morgan fingerprint density at radius 1 is 1.64 bits per heavy atom. The normalized spacial score (nSPS) is 27.6. The highest BCUT2D eigenvalue weighted by Crippen LogP contribution is 2.19. The van der Waals surface area contributed by atoms with Gasteiger partial charge in [0, 0.05) is 12.6 Å². The molecule has 0 aromatic carbocycles. The first-order chi connectivity index (χ1) is 5.05. The van der Waals surface area contributed by atoms with Gasteiger partial charge >= 0.3 is 0 Å². The van der Waals surface area contributed by atoms with Gasteiger partial charge in [-0.15, -0.1) is 0 Å². The van der Waals surface area contributed by atoms with Crippen LogP contribution in [0.4, 0.5) is 0 Å². The van der Waals surface area contributed by atoms with E-state index in [0.717, 1.165) is 12.8 Å². The van der Waals surface area contributed by atoms with Gasteiger partial charge in [0.15, 0.2) is 0 Å². The van der Waals surface area contributed by atoms with Crippen molar-refractivity contribution in [2.45, 2.75) is 18.9 Å². The minimum absolute atomic E-state index is 0.0624. The van der Waals surface area contributed by atoms with E-state index in [1.54, 1.807) is 0 Å². The van der Waals surface area contributed by atoms with Crippen LogP contribution >= 0.6 is 0 Å². The summed E-state index contributed by atoms with van der Waals surface area (Å²) in [7, 11) is -3.09. The van der Waals surface area contributed by atoms with Crippen molar-refractivity contribution in [2.24, 2.45) is 0 Å². The highest BCUT2D eigenvalue weighted by molar-refractivity contribution is 7.88. The van der Waals surface area contributed by atoms with Crippen LogP contribution in [0.2, 0.25) is 0 Å². The Morgan fingerprint density at radius 2 is 2.27 bits per heavy atom. The molecule has 1 heterocycles. The number of hydrogen-bond acceptors (Lipinski definition) is 3. The Balaban J connectivity index is 2.72. The van der Waals surface area contributed by atoms with E-state index < -0.39 is 10.0 Å². The molecule has 1 aliphatic heterocycles. The van der Waals surface area contributed by atoms with E-state index in [4.69, 9.17) is 5.11 Å². The van der Waals surface area contributed by atoms with Gasteiger partial charge in [-0.25, -0.2) is 8.42 Å². The third kappa shape index (κ3) is 1.91. The third-order valence-electron chi connectivity index (χ3n) is 1.96. The summed E-state index contributed by atoms with van der Waals surface area (Å²) >= 11 is 0. The van der Waals surface area contributed by atoms with Crippen molar-refractivity contribution in [3.05, 3.63) is 0 Å². The average Bonchev–Trinajstić information content (AvgIpc) is 2.31. The zero-order chi connectivity index (χ0) is 8.48. The topological polar surface area (TPSA) is 57.6 Å². The van der Waals surface area contributed by atoms with Crippen LogP contribution in [0.1, 0.15) is 12.8 Å². The lowest BCUT2D eigenvalue weighted by atomic mass is 10.2. The predicted molar refractivity (Wildman–Crippen MR) is 41.7 cm³/mol. The van der Waals surface area contributed by atoms with Crippen molar-refractivity contribution < 1.29 is 13.5 Å². The third-order valence-corrected chi connectivity index (χ3v) is 3.29. The Hall–Kier alpha value is -0.130. The molecule has 0 radical (unpaired) electrons. The average molecular weight is 179 g/mol. The second kappa shape index (κ2) is 3.08. The predicted octanol–water partition coefficient (Wildman–Crippen LogP) is -0.597. The lowest BCUT2D eigenvalue weighted by Crippen LogP contribution is -2.36. The van der Waals surface area contributed by atoms with Gasteiger partial charge in [-0.2, -0.15) is 4.31 Å². The van der Waals surface area contributed by atoms with Gasteiger partial charge in [0.05, 0.1) is 12.9 Å². The first kappa shape index (κ1) is 8.96. The Morgan fingerprint density at radius 3 is 2.64 bits per heavy atom. The molecule has 0 amide bonds. The Bertz CT molecular complexity index is 224. The molecule has 1 N–H and O–H groups in total. The first-order valence-corrected chi connectivity index (χ1v) is 5.48. The number of aliphatic hydroxyl groups excluding tert-OH is 1. The highest BCUT2D eigenvalue weighted by Gasteiger charge is 2.30. The molecular weight excluding hydrogens is 166 g/mol. The van der Waals surface area contributed by atoms with E-state index in [1.165, 1.54) is 10.6 Å². The van der Waals surface area contributed by atoms with E-state index in [-0.39, 0.29) is 12.6 Å². The molecule has 1 aliphatic rings. The van der Waals surface area contributed by atoms with Crippen LogP contribution < -0.4 is 0 Å². The van der Waals surface area contributed by atoms with Gasteiger partial charge < -0.3 is 5.11 Å². The number of hydrogen-bond donors (Lipinski definition) is 1. The standard InChI is InChI=1S/C6H13NO3S/c1-11(9,10)7-4-2-3-6(7)5-8/h6,8H,2-5H2,1H3/t6-/m1/s1. The molecule has 0 aromatic heterocycles. The molecule has 1 saturated heterocycles. The summed E-state index contributed by atoms with van der Waals surface area (Å²) in [4.78, 5) is 0. The van der Waals surface area contributed by atoms with E-state index in [1.807, 2.05) is 0 Å². The van der Waals surface area contributed by atoms with Gasteiger partial charge in [0.1, 0.15) is 0 Å². The van der Waals surface area contributed by atoms with Crippen LogP contribution in [0, 0.1) is 0 Å². The van der Waals surface area contributed by atoms with Gasteiger partial charge in [0.2, 0.25) is 10.0 Å². The number of sulfonamides is 1. The van der Waals surface area contributed by atoms with Crippen molar-refractivity contribution in [1.82, 2.24) is 4.31 Å². The zero-order valence-corrected chi connectivity index (χ0v) is 7.34. The van der Waals surface area contributed by atoms with E-state index in [0.29, 0.717) is 6.54 Å². The van der Waals surface area contributed by atoms with E-state index >= 15 is 0 Å². The Kier molecular flexibility index (Phi) is 2.51. The van der Waals surface area contributed by atoms with Gasteiger partial charge in [-0.1, -0.05) is 0 Å². The highest BCUT2D eigenvalue weighted by atomic mass is 32.2. The maximum absolute atomic E-state index is 11.0. The molecule has 0 aromatic rings. The second-order valence-corrected chi connectivity index (χ2v) is 4.79. The van der Waals surface area contributed by atoms with Gasteiger partial charge in [0.25, 0.3) is 0 Å². The second-order valence-electron chi connectivity index (χ2n) is 2.85. The summed E-state index contributed by atoms with van der Waals surface area (Å²) in [6.45, 7) is 0.497. The van der Waals surface area contributed by atoms with Crippen molar-refractivity contribution in [2.75, 3.05) is 19.4 Å². The molecule has 66 valence electrons. The monoisotopic (exact) mass is 179 g/mol. The van der Waals surface area contributed by atoms with Gasteiger partial charge in [-0.05, 0) is 12.8 Å². The van der Waals surface area contributed by atoms with E-state index in [9.17, 15) is 8.42 Å². The summed E-state index contributed by atoms with van der Waals surface area (Å²) in [6, 6.07) is -0.176. The fourth-order valence-electron chi connectivity index (χ4n) is 1.43. The van der Waals surface area contributed by atoms with Crippen LogP contribution in [-0.2, 0) is 10.0 Å². The van der Waals surface area contributed by atoms with Crippen LogP contribution in [0.3, 0.4) is 0 Å². The lowest BCUT2D eigenvalue weighted by molar-refractivity contribution is 0.214. The molecule has 0 bridgehead atoms. The van der Waals surface area contributed by atoms with Crippen LogP contribution in [0.25, 0.3) is 0 Å². The van der Waals surface area contributed by atoms with Crippen molar-refractivity contribution in [3.8, 4) is 0 Å². The summed E-state index contributed by atoms with van der Waals surface area (Å²) in [5.41, 5.74) is 0. The minimum Gasteiger partial charge on any atom is -0.395 e. The lowest BCUT2D eigenvalue weighted by Gasteiger charge is -2.19. The number of aliphatic hydroxyl groups is 1. The number of nitrogens with zero attached hydrogens (tertiary/aromatic N) is 1. The molecule has 0 unspecified atom stereocenters. The van der Waals surface area contributed by atoms with Gasteiger partial charge in [-0.3, -0.25) is 0 Å². The first-order valence-electron chi connectivity index (χ1n) is 3.63. The molecule has 1 fully saturated rings. The van der Waals surface area contributed by atoms with Crippen LogP contribution in [0.5, 0.6) is 0 Å². The molecule has 4 nitrogen and oxygen atoms in total. The molecule has 1 atom stereocenters. The fraction of sp³-hybridized carbons (Fsp3) is 1.00. The summed E-state index contributed by atoms with van der Waals surface area (Å²) in [5.74, 6) is 0. The molecule has 0 aliphatic carbocycles. The molecule has 1 rings (SSSR count). The van der Waals surface area contributed by atoms with Crippen molar-refractivity contribution >= 4 is 10.0 Å². The largest absolute Gasteiger partial charge is 0.395 e. The quantitative estimate of drug-likeness (QED) is 0.616. The summed E-state index contributed by atoms with van der Waals surface area (Å²) in [6.07, 6.45) is 2.82. The smallest absolute Gasteiger partial charge is 0.211 e. The summed E-state index contributed by atoms with van der Waals surface area (Å²) < 4.78 is 23.4. The summed E-state index contributed by atoms with van der Waals surface area (Å²) in [5, 5.41) is 8.79. The van der Waals surface area contributed by atoms with E-state index in [2.05, 4.69) is 0 Å². The SMILES string of the molecule is CS(=O)(=O)N1CCC[C@@H]1CO.